The fourth-order valence-corrected chi connectivity index (χ4v) is 2.32. The quantitative estimate of drug-likeness (QED) is 0.889. The summed E-state index contributed by atoms with van der Waals surface area (Å²) in [5, 5.41) is 0.638. The fourth-order valence-electron chi connectivity index (χ4n) is 1.94. The normalized spacial score (nSPS) is 12.4. The average molecular weight is 264 g/mol. The number of nitrogens with two attached hydrogens (primary N) is 1. The molecule has 0 saturated heterocycles. The van der Waals surface area contributed by atoms with Crippen LogP contribution in [0.3, 0.4) is 0 Å². The second-order valence-corrected chi connectivity index (χ2v) is 4.83. The number of aryl methyl sites for hydroxylation is 1. The van der Waals surface area contributed by atoms with Crippen molar-refractivity contribution in [1.82, 2.24) is 0 Å². The van der Waals surface area contributed by atoms with Crippen molar-refractivity contribution in [1.29, 1.82) is 0 Å². The minimum absolute atomic E-state index is 0.226. The molecule has 0 aromatic heterocycles. The van der Waals surface area contributed by atoms with Gasteiger partial charge in [0.1, 0.15) is 5.82 Å². The third kappa shape index (κ3) is 2.89. The Kier molecular flexibility index (Phi) is 4.00. The fraction of sp³-hybridized carbons (Fsp3) is 0.200. The molecule has 94 valence electrons. The first kappa shape index (κ1) is 13.1. The van der Waals surface area contributed by atoms with Gasteiger partial charge in [-0.3, -0.25) is 0 Å². The Morgan fingerprint density at radius 1 is 1.22 bits per heavy atom. The van der Waals surface area contributed by atoms with E-state index in [-0.39, 0.29) is 11.9 Å². The van der Waals surface area contributed by atoms with Gasteiger partial charge in [0.25, 0.3) is 0 Å². The lowest BCUT2D eigenvalue weighted by atomic mass is 9.98. The Balaban J connectivity index is 2.22. The maximum absolute atomic E-state index is 13.5. The van der Waals surface area contributed by atoms with E-state index in [1.54, 1.807) is 12.1 Å². The van der Waals surface area contributed by atoms with Gasteiger partial charge < -0.3 is 5.73 Å². The summed E-state index contributed by atoms with van der Waals surface area (Å²) in [4.78, 5) is 0. The number of hydrogen-bond donors (Lipinski definition) is 1. The summed E-state index contributed by atoms with van der Waals surface area (Å²) in [6, 6.07) is 12.1. The van der Waals surface area contributed by atoms with Crippen LogP contribution in [0.1, 0.15) is 22.7 Å². The lowest BCUT2D eigenvalue weighted by Gasteiger charge is -2.14. The Labute approximate surface area is 111 Å². The van der Waals surface area contributed by atoms with E-state index in [1.165, 1.54) is 6.07 Å². The van der Waals surface area contributed by atoms with E-state index >= 15 is 0 Å². The second-order valence-electron chi connectivity index (χ2n) is 4.43. The molecule has 0 aliphatic rings. The lowest BCUT2D eigenvalue weighted by Crippen LogP contribution is -2.14. The van der Waals surface area contributed by atoms with Crippen molar-refractivity contribution >= 4 is 11.6 Å². The van der Waals surface area contributed by atoms with E-state index in [0.29, 0.717) is 17.0 Å². The van der Waals surface area contributed by atoms with Crippen molar-refractivity contribution in [2.24, 2.45) is 5.73 Å². The summed E-state index contributed by atoms with van der Waals surface area (Å²) in [6.45, 7) is 1.97. The number of rotatable bonds is 3. The zero-order valence-electron chi connectivity index (χ0n) is 10.2. The van der Waals surface area contributed by atoms with Crippen molar-refractivity contribution in [3.8, 4) is 0 Å². The minimum Gasteiger partial charge on any atom is -0.324 e. The van der Waals surface area contributed by atoms with Crippen LogP contribution in [-0.2, 0) is 6.42 Å². The van der Waals surface area contributed by atoms with Gasteiger partial charge in [-0.25, -0.2) is 4.39 Å². The van der Waals surface area contributed by atoms with E-state index in [9.17, 15) is 4.39 Å². The van der Waals surface area contributed by atoms with Crippen molar-refractivity contribution in [2.45, 2.75) is 19.4 Å². The molecule has 0 radical (unpaired) electrons. The molecule has 0 fully saturated rings. The van der Waals surface area contributed by atoms with Gasteiger partial charge in [-0.1, -0.05) is 41.9 Å². The maximum Gasteiger partial charge on any atom is 0.126 e. The van der Waals surface area contributed by atoms with Gasteiger partial charge in [0.15, 0.2) is 0 Å². The van der Waals surface area contributed by atoms with Crippen LogP contribution in [0.2, 0.25) is 5.02 Å². The molecule has 0 heterocycles. The van der Waals surface area contributed by atoms with E-state index in [1.807, 2.05) is 31.2 Å². The van der Waals surface area contributed by atoms with Crippen molar-refractivity contribution in [3.63, 3.8) is 0 Å². The van der Waals surface area contributed by atoms with Crippen LogP contribution < -0.4 is 5.73 Å². The molecule has 2 N–H and O–H groups in total. The average Bonchev–Trinajstić information content (AvgIpc) is 2.32. The first-order valence-corrected chi connectivity index (χ1v) is 6.21. The van der Waals surface area contributed by atoms with Crippen molar-refractivity contribution in [3.05, 3.63) is 70.0 Å². The van der Waals surface area contributed by atoms with Gasteiger partial charge in [-0.15, -0.1) is 0 Å². The van der Waals surface area contributed by atoms with Crippen LogP contribution in [0.25, 0.3) is 0 Å². The molecule has 0 saturated carbocycles. The van der Waals surface area contributed by atoms with Crippen LogP contribution in [0.15, 0.2) is 42.5 Å². The highest BCUT2D eigenvalue weighted by atomic mass is 35.5. The summed E-state index contributed by atoms with van der Waals surface area (Å²) in [7, 11) is 0. The topological polar surface area (TPSA) is 26.0 Å². The van der Waals surface area contributed by atoms with Gasteiger partial charge in [-0.2, -0.15) is 0 Å². The molecule has 0 spiro atoms. The van der Waals surface area contributed by atoms with Crippen molar-refractivity contribution in [2.75, 3.05) is 0 Å². The van der Waals surface area contributed by atoms with Crippen LogP contribution in [-0.4, -0.2) is 0 Å². The summed E-state index contributed by atoms with van der Waals surface area (Å²) < 4.78 is 13.5. The van der Waals surface area contributed by atoms with E-state index in [4.69, 9.17) is 17.3 Å². The Morgan fingerprint density at radius 2 is 1.94 bits per heavy atom. The Morgan fingerprint density at radius 3 is 2.61 bits per heavy atom. The van der Waals surface area contributed by atoms with Crippen LogP contribution >= 0.6 is 11.6 Å². The summed E-state index contributed by atoms with van der Waals surface area (Å²) in [5.41, 5.74) is 8.65. The molecule has 1 nitrogen and oxygen atoms in total. The molecule has 0 amide bonds. The van der Waals surface area contributed by atoms with Gasteiger partial charge in [0, 0.05) is 11.1 Å². The summed E-state index contributed by atoms with van der Waals surface area (Å²) in [5.74, 6) is -0.226. The highest BCUT2D eigenvalue weighted by Gasteiger charge is 2.13. The smallest absolute Gasteiger partial charge is 0.126 e. The zero-order chi connectivity index (χ0) is 13.1. The van der Waals surface area contributed by atoms with E-state index in [2.05, 4.69) is 0 Å². The molecular formula is C15H15ClFN. The third-order valence-electron chi connectivity index (χ3n) is 2.95. The standard InChI is InChI=1S/C15H15ClFN/c1-10-6-7-12(13(16)8-10)15(18)9-11-4-2-3-5-14(11)17/h2-8,15H,9,18H2,1H3. The van der Waals surface area contributed by atoms with Gasteiger partial charge in [0.05, 0.1) is 0 Å². The molecular weight excluding hydrogens is 249 g/mol. The molecule has 0 aliphatic carbocycles. The zero-order valence-corrected chi connectivity index (χ0v) is 10.9. The third-order valence-corrected chi connectivity index (χ3v) is 3.28. The molecule has 2 aromatic rings. The molecule has 1 atom stereocenters. The minimum atomic E-state index is -0.296. The summed E-state index contributed by atoms with van der Waals surface area (Å²) in [6.07, 6.45) is 0.440. The predicted molar refractivity (Wildman–Crippen MR) is 73.2 cm³/mol. The van der Waals surface area contributed by atoms with Crippen LogP contribution in [0.4, 0.5) is 4.39 Å². The Hall–Kier alpha value is -1.38. The largest absolute Gasteiger partial charge is 0.324 e. The Bertz CT molecular complexity index is 554. The van der Waals surface area contributed by atoms with Crippen LogP contribution in [0, 0.1) is 12.7 Å². The highest BCUT2D eigenvalue weighted by Crippen LogP contribution is 2.25. The summed E-state index contributed by atoms with van der Waals surface area (Å²) >= 11 is 6.16. The lowest BCUT2D eigenvalue weighted by molar-refractivity contribution is 0.593. The van der Waals surface area contributed by atoms with E-state index in [0.717, 1.165) is 11.1 Å². The SMILES string of the molecule is Cc1ccc(C(N)Cc2ccccc2F)c(Cl)c1. The molecule has 2 rings (SSSR count). The van der Waals surface area contributed by atoms with Gasteiger partial charge in [-0.05, 0) is 42.2 Å². The van der Waals surface area contributed by atoms with E-state index < -0.39 is 0 Å². The van der Waals surface area contributed by atoms with Crippen LogP contribution in [0.5, 0.6) is 0 Å². The first-order valence-electron chi connectivity index (χ1n) is 5.83. The predicted octanol–water partition coefficient (Wildman–Crippen LogP) is 4.03. The number of hydrogen-bond acceptors (Lipinski definition) is 1. The molecule has 1 unspecified atom stereocenters. The maximum atomic E-state index is 13.5. The van der Waals surface area contributed by atoms with Crippen molar-refractivity contribution < 1.29 is 4.39 Å². The second kappa shape index (κ2) is 5.51. The highest BCUT2D eigenvalue weighted by molar-refractivity contribution is 6.31. The number of halogens is 2. The van der Waals surface area contributed by atoms with Gasteiger partial charge in [0.2, 0.25) is 0 Å². The van der Waals surface area contributed by atoms with Gasteiger partial charge >= 0.3 is 0 Å². The number of benzene rings is 2. The molecule has 2 aromatic carbocycles. The monoisotopic (exact) mass is 263 g/mol. The first-order chi connectivity index (χ1) is 8.58. The molecule has 3 heteroatoms. The molecule has 0 bridgehead atoms. The molecule has 18 heavy (non-hydrogen) atoms. The molecule has 0 aliphatic heterocycles.